The number of nitrogens with one attached hydrogen (secondary N) is 1. The van der Waals surface area contributed by atoms with Crippen molar-refractivity contribution in [2.45, 2.75) is 44.4 Å². The van der Waals surface area contributed by atoms with Crippen LogP contribution in [0, 0.1) is 5.41 Å². The molecule has 1 nitrogen and oxygen atoms in total. The van der Waals surface area contributed by atoms with Gasteiger partial charge in [-0.05, 0) is 55.3 Å². The summed E-state index contributed by atoms with van der Waals surface area (Å²) in [5.74, 6) is 0. The Morgan fingerprint density at radius 3 is 2.42 bits per heavy atom. The van der Waals surface area contributed by atoms with Crippen LogP contribution in [0.5, 0.6) is 0 Å². The predicted octanol–water partition coefficient (Wildman–Crippen LogP) is 4.80. The molecule has 0 amide bonds. The minimum Gasteiger partial charge on any atom is -0.316 e. The molecule has 0 saturated heterocycles. The summed E-state index contributed by atoms with van der Waals surface area (Å²) in [6.07, 6.45) is 6.87. The molecular formula is C16H21Cl2N. The van der Waals surface area contributed by atoms with Crippen molar-refractivity contribution in [2.75, 3.05) is 13.1 Å². The number of halogens is 2. The van der Waals surface area contributed by atoms with Gasteiger partial charge in [-0.1, -0.05) is 42.6 Å². The summed E-state index contributed by atoms with van der Waals surface area (Å²) in [7, 11) is 0. The fourth-order valence-electron chi connectivity index (χ4n) is 4.04. The Balaban J connectivity index is 1.84. The fraction of sp³-hybridized carbons (Fsp3) is 0.625. The lowest BCUT2D eigenvalue weighted by molar-refractivity contribution is -0.0480. The second kappa shape index (κ2) is 4.95. The Labute approximate surface area is 125 Å². The summed E-state index contributed by atoms with van der Waals surface area (Å²) in [6.45, 7) is 4.25. The number of hydrogen-bond acceptors (Lipinski definition) is 1. The first-order valence-corrected chi connectivity index (χ1v) is 8.01. The molecule has 1 spiro atoms. The van der Waals surface area contributed by atoms with Gasteiger partial charge in [0.05, 0.1) is 10.0 Å². The average molecular weight is 298 g/mol. The number of benzene rings is 1. The van der Waals surface area contributed by atoms with Gasteiger partial charge in [0, 0.05) is 12.0 Å². The van der Waals surface area contributed by atoms with Gasteiger partial charge in [0.15, 0.2) is 0 Å². The van der Waals surface area contributed by atoms with E-state index in [0.29, 0.717) is 15.5 Å². The van der Waals surface area contributed by atoms with Crippen molar-refractivity contribution in [3.05, 3.63) is 33.8 Å². The highest BCUT2D eigenvalue weighted by Gasteiger charge is 2.57. The van der Waals surface area contributed by atoms with E-state index in [-0.39, 0.29) is 5.41 Å². The highest BCUT2D eigenvalue weighted by molar-refractivity contribution is 6.42. The van der Waals surface area contributed by atoms with Gasteiger partial charge in [0.25, 0.3) is 0 Å². The summed E-state index contributed by atoms with van der Waals surface area (Å²) >= 11 is 12.2. The molecule has 2 saturated carbocycles. The van der Waals surface area contributed by atoms with E-state index in [4.69, 9.17) is 23.2 Å². The molecular weight excluding hydrogens is 277 g/mol. The number of hydrogen-bond donors (Lipinski definition) is 1. The van der Waals surface area contributed by atoms with Crippen LogP contribution < -0.4 is 5.32 Å². The monoisotopic (exact) mass is 297 g/mol. The summed E-state index contributed by atoms with van der Waals surface area (Å²) < 4.78 is 0. The van der Waals surface area contributed by atoms with E-state index in [1.165, 1.54) is 37.7 Å². The normalized spacial score (nSPS) is 22.9. The topological polar surface area (TPSA) is 12.0 Å². The minimum absolute atomic E-state index is 0.282. The summed E-state index contributed by atoms with van der Waals surface area (Å²) in [6, 6.07) is 6.18. The Hall–Kier alpha value is -0.240. The second-order valence-corrected chi connectivity index (χ2v) is 7.21. The standard InChI is InChI=1S/C16H21Cl2N/c1-2-19-11-16(9-15(10-16)6-3-7-15)12-4-5-13(17)14(18)8-12/h4-5,8,19H,2-3,6-7,9-11H2,1H3. The van der Waals surface area contributed by atoms with E-state index < -0.39 is 0 Å². The third-order valence-corrected chi connectivity index (χ3v) is 5.83. The molecule has 0 aromatic heterocycles. The van der Waals surface area contributed by atoms with E-state index in [9.17, 15) is 0 Å². The molecule has 2 aliphatic rings. The molecule has 1 N–H and O–H groups in total. The molecule has 104 valence electrons. The van der Waals surface area contributed by atoms with Crippen LogP contribution in [0.25, 0.3) is 0 Å². The lowest BCUT2D eigenvalue weighted by atomic mass is 9.43. The highest BCUT2D eigenvalue weighted by atomic mass is 35.5. The zero-order chi connectivity index (χ0) is 13.5. The third kappa shape index (κ3) is 2.30. The van der Waals surface area contributed by atoms with Crippen molar-refractivity contribution in [3.63, 3.8) is 0 Å². The van der Waals surface area contributed by atoms with Crippen molar-refractivity contribution in [1.29, 1.82) is 0 Å². The van der Waals surface area contributed by atoms with Crippen molar-refractivity contribution >= 4 is 23.2 Å². The molecule has 3 rings (SSSR count). The molecule has 3 heteroatoms. The van der Waals surface area contributed by atoms with Gasteiger partial charge in [0.1, 0.15) is 0 Å². The zero-order valence-electron chi connectivity index (χ0n) is 11.4. The van der Waals surface area contributed by atoms with Gasteiger partial charge in [-0.15, -0.1) is 0 Å². The minimum atomic E-state index is 0.282. The molecule has 1 aromatic rings. The van der Waals surface area contributed by atoms with E-state index in [1.54, 1.807) is 0 Å². The molecule has 0 atom stereocenters. The fourth-order valence-corrected chi connectivity index (χ4v) is 4.33. The van der Waals surface area contributed by atoms with Gasteiger partial charge in [0.2, 0.25) is 0 Å². The first kappa shape index (κ1) is 13.7. The maximum absolute atomic E-state index is 6.20. The molecule has 0 bridgehead atoms. The highest BCUT2D eigenvalue weighted by Crippen LogP contribution is 2.64. The van der Waals surface area contributed by atoms with Gasteiger partial charge < -0.3 is 5.32 Å². The Morgan fingerprint density at radius 2 is 1.89 bits per heavy atom. The van der Waals surface area contributed by atoms with Crippen LogP contribution in [0.2, 0.25) is 10.0 Å². The Kier molecular flexibility index (Phi) is 3.57. The van der Waals surface area contributed by atoms with Crippen LogP contribution >= 0.6 is 23.2 Å². The van der Waals surface area contributed by atoms with E-state index in [0.717, 1.165) is 13.1 Å². The quantitative estimate of drug-likeness (QED) is 0.841. The molecule has 0 aliphatic heterocycles. The smallest absolute Gasteiger partial charge is 0.0595 e. The predicted molar refractivity (Wildman–Crippen MR) is 82.2 cm³/mol. The zero-order valence-corrected chi connectivity index (χ0v) is 12.9. The Morgan fingerprint density at radius 1 is 1.16 bits per heavy atom. The first-order chi connectivity index (χ1) is 9.09. The largest absolute Gasteiger partial charge is 0.316 e. The van der Waals surface area contributed by atoms with Crippen LogP contribution in [-0.2, 0) is 5.41 Å². The number of rotatable bonds is 4. The van der Waals surface area contributed by atoms with Crippen molar-refractivity contribution < 1.29 is 0 Å². The van der Waals surface area contributed by atoms with Gasteiger partial charge in [-0.3, -0.25) is 0 Å². The van der Waals surface area contributed by atoms with Crippen LogP contribution in [0.4, 0.5) is 0 Å². The summed E-state index contributed by atoms with van der Waals surface area (Å²) in [5, 5.41) is 4.87. The molecule has 0 unspecified atom stereocenters. The molecule has 0 heterocycles. The van der Waals surface area contributed by atoms with E-state index >= 15 is 0 Å². The first-order valence-electron chi connectivity index (χ1n) is 7.26. The van der Waals surface area contributed by atoms with Gasteiger partial charge >= 0.3 is 0 Å². The molecule has 1 aromatic carbocycles. The van der Waals surface area contributed by atoms with Crippen molar-refractivity contribution in [1.82, 2.24) is 5.32 Å². The second-order valence-electron chi connectivity index (χ2n) is 6.40. The van der Waals surface area contributed by atoms with Crippen LogP contribution in [-0.4, -0.2) is 13.1 Å². The van der Waals surface area contributed by atoms with Crippen molar-refractivity contribution in [3.8, 4) is 0 Å². The van der Waals surface area contributed by atoms with Gasteiger partial charge in [-0.2, -0.15) is 0 Å². The van der Waals surface area contributed by atoms with Crippen LogP contribution in [0.15, 0.2) is 18.2 Å². The van der Waals surface area contributed by atoms with Crippen molar-refractivity contribution in [2.24, 2.45) is 5.41 Å². The SMILES string of the molecule is CCNCC1(c2ccc(Cl)c(Cl)c2)CC2(CCC2)C1. The molecule has 2 aliphatic carbocycles. The maximum Gasteiger partial charge on any atom is 0.0595 e. The summed E-state index contributed by atoms with van der Waals surface area (Å²) in [4.78, 5) is 0. The van der Waals surface area contributed by atoms with E-state index in [2.05, 4.69) is 24.4 Å². The molecule has 0 radical (unpaired) electrons. The lowest BCUT2D eigenvalue weighted by Crippen LogP contribution is -2.57. The van der Waals surface area contributed by atoms with Crippen LogP contribution in [0.3, 0.4) is 0 Å². The van der Waals surface area contributed by atoms with E-state index in [1.807, 2.05) is 6.07 Å². The van der Waals surface area contributed by atoms with Gasteiger partial charge in [-0.25, -0.2) is 0 Å². The molecule has 19 heavy (non-hydrogen) atoms. The lowest BCUT2D eigenvalue weighted by Gasteiger charge is -2.62. The maximum atomic E-state index is 6.20. The third-order valence-electron chi connectivity index (χ3n) is 5.09. The molecule has 2 fully saturated rings. The average Bonchev–Trinajstić information content (AvgIpc) is 2.30. The van der Waals surface area contributed by atoms with Crippen LogP contribution in [0.1, 0.15) is 44.6 Å². The number of likely N-dealkylation sites (N-methyl/N-ethyl adjacent to an activating group) is 1. The summed E-state index contributed by atoms with van der Waals surface area (Å²) in [5.41, 5.74) is 2.30. The Bertz CT molecular complexity index is 472.